The molecule has 2 aromatic carbocycles. The molecule has 0 saturated heterocycles. The van der Waals surface area contributed by atoms with Gasteiger partial charge in [-0.3, -0.25) is 9.48 Å². The third-order valence-electron chi connectivity index (χ3n) is 4.53. The van der Waals surface area contributed by atoms with Crippen molar-refractivity contribution in [2.45, 2.75) is 20.0 Å². The predicted octanol–water partition coefficient (Wildman–Crippen LogP) is 3.74. The first-order valence-electron chi connectivity index (χ1n) is 9.14. The summed E-state index contributed by atoms with van der Waals surface area (Å²) in [5.41, 5.74) is 4.21. The average Bonchev–Trinajstić information content (AvgIpc) is 3.33. The molecule has 6 heteroatoms. The van der Waals surface area contributed by atoms with E-state index in [2.05, 4.69) is 28.5 Å². The zero-order valence-corrected chi connectivity index (χ0v) is 15.6. The second kappa shape index (κ2) is 7.92. The lowest BCUT2D eigenvalue weighted by atomic mass is 10.1. The fourth-order valence-corrected chi connectivity index (χ4v) is 3.10. The minimum absolute atomic E-state index is 0.141. The van der Waals surface area contributed by atoms with Crippen LogP contribution in [0.4, 0.5) is 5.82 Å². The Morgan fingerprint density at radius 2 is 1.79 bits per heavy atom. The van der Waals surface area contributed by atoms with E-state index in [1.54, 1.807) is 21.6 Å². The summed E-state index contributed by atoms with van der Waals surface area (Å²) in [6.45, 7) is 2.79. The number of hydrogen-bond acceptors (Lipinski definition) is 3. The van der Waals surface area contributed by atoms with Crippen molar-refractivity contribution in [1.82, 2.24) is 19.6 Å². The summed E-state index contributed by atoms with van der Waals surface area (Å²) in [5, 5.41) is 11.8. The van der Waals surface area contributed by atoms with Crippen molar-refractivity contribution in [1.29, 1.82) is 0 Å². The van der Waals surface area contributed by atoms with E-state index in [4.69, 9.17) is 0 Å². The number of anilines is 1. The molecule has 1 amide bonds. The van der Waals surface area contributed by atoms with Crippen LogP contribution in [-0.2, 0) is 17.9 Å². The smallest absolute Gasteiger partial charge is 0.247 e. The van der Waals surface area contributed by atoms with Crippen molar-refractivity contribution >= 4 is 11.7 Å². The van der Waals surface area contributed by atoms with Crippen LogP contribution < -0.4 is 5.32 Å². The summed E-state index contributed by atoms with van der Waals surface area (Å²) in [6, 6.07) is 21.8. The van der Waals surface area contributed by atoms with Crippen molar-refractivity contribution < 1.29 is 4.79 Å². The molecular formula is C22H21N5O. The van der Waals surface area contributed by atoms with Gasteiger partial charge < -0.3 is 5.32 Å². The maximum Gasteiger partial charge on any atom is 0.247 e. The van der Waals surface area contributed by atoms with Gasteiger partial charge in [-0.15, -0.1) is 0 Å². The average molecular weight is 371 g/mol. The number of nitrogens with zero attached hydrogens (tertiary/aromatic N) is 4. The standard InChI is InChI=1S/C22H21N5O/c1-17-7-5-6-10-19(17)20-12-14-26(25-20)16-22(28)24-21-11-13-23-27(21)15-18-8-3-2-4-9-18/h2-14H,15-16H2,1H3,(H,24,28). The molecule has 6 nitrogen and oxygen atoms in total. The molecule has 0 fully saturated rings. The number of hydrogen-bond donors (Lipinski definition) is 1. The zero-order valence-electron chi connectivity index (χ0n) is 15.6. The second-order valence-corrected chi connectivity index (χ2v) is 6.62. The highest BCUT2D eigenvalue weighted by Gasteiger charge is 2.11. The van der Waals surface area contributed by atoms with Crippen LogP contribution in [0.25, 0.3) is 11.3 Å². The molecule has 2 heterocycles. The Hall–Kier alpha value is -3.67. The SMILES string of the molecule is Cc1ccccc1-c1ccn(CC(=O)Nc2ccnn2Cc2ccccc2)n1. The molecule has 0 aliphatic heterocycles. The molecule has 2 aromatic heterocycles. The van der Waals surface area contributed by atoms with E-state index in [-0.39, 0.29) is 12.5 Å². The van der Waals surface area contributed by atoms with Crippen molar-refractivity contribution in [3.63, 3.8) is 0 Å². The lowest BCUT2D eigenvalue weighted by molar-refractivity contribution is -0.116. The number of carbonyl (C=O) groups is 1. The first-order valence-corrected chi connectivity index (χ1v) is 9.14. The van der Waals surface area contributed by atoms with Gasteiger partial charge in [-0.05, 0) is 24.1 Å². The second-order valence-electron chi connectivity index (χ2n) is 6.62. The number of carbonyl (C=O) groups excluding carboxylic acids is 1. The number of aryl methyl sites for hydroxylation is 1. The van der Waals surface area contributed by atoms with Gasteiger partial charge in [0.1, 0.15) is 12.4 Å². The van der Waals surface area contributed by atoms with Crippen molar-refractivity contribution in [2.24, 2.45) is 0 Å². The molecule has 0 spiro atoms. The summed E-state index contributed by atoms with van der Waals surface area (Å²) < 4.78 is 3.42. The van der Waals surface area contributed by atoms with Gasteiger partial charge in [0, 0.05) is 17.8 Å². The van der Waals surface area contributed by atoms with Gasteiger partial charge in [0.25, 0.3) is 0 Å². The largest absolute Gasteiger partial charge is 0.309 e. The highest BCUT2D eigenvalue weighted by atomic mass is 16.2. The lowest BCUT2D eigenvalue weighted by Gasteiger charge is -2.09. The van der Waals surface area contributed by atoms with Gasteiger partial charge >= 0.3 is 0 Å². The summed E-state index contributed by atoms with van der Waals surface area (Å²) in [6.07, 6.45) is 3.51. The number of aromatic nitrogens is 4. The summed E-state index contributed by atoms with van der Waals surface area (Å²) in [5.74, 6) is 0.523. The Morgan fingerprint density at radius 3 is 2.61 bits per heavy atom. The van der Waals surface area contributed by atoms with Gasteiger partial charge in [-0.1, -0.05) is 54.6 Å². The van der Waals surface area contributed by atoms with Crippen LogP contribution in [0.2, 0.25) is 0 Å². The predicted molar refractivity (Wildman–Crippen MR) is 109 cm³/mol. The molecule has 0 unspecified atom stereocenters. The highest BCUT2D eigenvalue weighted by molar-refractivity contribution is 5.89. The van der Waals surface area contributed by atoms with Crippen molar-refractivity contribution in [2.75, 3.05) is 5.32 Å². The topological polar surface area (TPSA) is 64.7 Å². The third kappa shape index (κ3) is 4.01. The molecule has 0 atom stereocenters. The Labute approximate surface area is 163 Å². The number of benzene rings is 2. The molecule has 0 saturated carbocycles. The van der Waals surface area contributed by atoms with E-state index in [1.165, 1.54) is 0 Å². The van der Waals surface area contributed by atoms with E-state index in [0.29, 0.717) is 12.4 Å². The Balaban J connectivity index is 1.42. The van der Waals surface area contributed by atoms with Gasteiger partial charge in [0.2, 0.25) is 5.91 Å². The van der Waals surface area contributed by atoms with Crippen LogP contribution in [0, 0.1) is 6.92 Å². The monoisotopic (exact) mass is 371 g/mol. The van der Waals surface area contributed by atoms with Crippen LogP contribution in [0.15, 0.2) is 79.1 Å². The fourth-order valence-electron chi connectivity index (χ4n) is 3.10. The summed E-state index contributed by atoms with van der Waals surface area (Å²) >= 11 is 0. The van der Waals surface area contributed by atoms with Crippen molar-refractivity contribution in [3.05, 3.63) is 90.3 Å². The van der Waals surface area contributed by atoms with Crippen LogP contribution >= 0.6 is 0 Å². The Kier molecular flexibility index (Phi) is 5.01. The van der Waals surface area contributed by atoms with Crippen LogP contribution in [0.3, 0.4) is 0 Å². The Bertz CT molecular complexity index is 1080. The van der Waals surface area contributed by atoms with E-state index in [0.717, 1.165) is 22.4 Å². The summed E-state index contributed by atoms with van der Waals surface area (Å²) in [4.78, 5) is 12.5. The number of nitrogens with one attached hydrogen (secondary N) is 1. The molecule has 4 rings (SSSR count). The summed E-state index contributed by atoms with van der Waals surface area (Å²) in [7, 11) is 0. The minimum Gasteiger partial charge on any atom is -0.309 e. The first kappa shape index (κ1) is 17.7. The van der Waals surface area contributed by atoms with Gasteiger partial charge in [0.05, 0.1) is 18.4 Å². The van der Waals surface area contributed by atoms with E-state index < -0.39 is 0 Å². The third-order valence-corrected chi connectivity index (χ3v) is 4.53. The molecule has 1 N–H and O–H groups in total. The van der Waals surface area contributed by atoms with E-state index in [9.17, 15) is 4.79 Å². The molecule has 0 radical (unpaired) electrons. The molecule has 140 valence electrons. The first-order chi connectivity index (χ1) is 13.7. The highest BCUT2D eigenvalue weighted by Crippen LogP contribution is 2.20. The molecule has 4 aromatic rings. The normalized spacial score (nSPS) is 10.8. The van der Waals surface area contributed by atoms with Crippen LogP contribution in [0.5, 0.6) is 0 Å². The molecule has 0 bridgehead atoms. The fraction of sp³-hybridized carbons (Fsp3) is 0.136. The Morgan fingerprint density at radius 1 is 1.00 bits per heavy atom. The maximum absolute atomic E-state index is 12.5. The van der Waals surface area contributed by atoms with Gasteiger partial charge in [-0.25, -0.2) is 4.68 Å². The number of amides is 1. The maximum atomic E-state index is 12.5. The number of rotatable bonds is 6. The van der Waals surface area contributed by atoms with Gasteiger partial charge in [-0.2, -0.15) is 10.2 Å². The zero-order chi connectivity index (χ0) is 19.3. The molecule has 0 aliphatic rings. The van der Waals surface area contributed by atoms with E-state index in [1.807, 2.05) is 60.8 Å². The quantitative estimate of drug-likeness (QED) is 0.561. The van der Waals surface area contributed by atoms with E-state index >= 15 is 0 Å². The lowest BCUT2D eigenvalue weighted by Crippen LogP contribution is -2.21. The van der Waals surface area contributed by atoms with Crippen LogP contribution in [0.1, 0.15) is 11.1 Å². The van der Waals surface area contributed by atoms with Crippen LogP contribution in [-0.4, -0.2) is 25.5 Å². The minimum atomic E-state index is -0.144. The molecular weight excluding hydrogens is 350 g/mol. The molecule has 28 heavy (non-hydrogen) atoms. The van der Waals surface area contributed by atoms with Gasteiger partial charge in [0.15, 0.2) is 0 Å². The molecule has 0 aliphatic carbocycles. The van der Waals surface area contributed by atoms with Crippen molar-refractivity contribution in [3.8, 4) is 11.3 Å².